The second-order valence-corrected chi connectivity index (χ2v) is 7.05. The molecule has 2 aliphatic rings. The molecule has 1 saturated heterocycles. The highest BCUT2D eigenvalue weighted by Crippen LogP contribution is 2.39. The van der Waals surface area contributed by atoms with E-state index in [4.69, 9.17) is 0 Å². The van der Waals surface area contributed by atoms with Crippen LogP contribution >= 0.6 is 11.3 Å². The number of aliphatic hydroxyl groups is 1. The third-order valence-corrected chi connectivity index (χ3v) is 4.72. The molecule has 1 atom stereocenters. The molecule has 102 valence electrons. The van der Waals surface area contributed by atoms with Gasteiger partial charge in [-0.05, 0) is 11.8 Å². The van der Waals surface area contributed by atoms with Crippen LogP contribution < -0.4 is 4.90 Å². The monoisotopic (exact) mass is 280 g/mol. The van der Waals surface area contributed by atoms with Gasteiger partial charge in [-0.2, -0.15) is 0 Å². The molecule has 1 aliphatic carbocycles. The van der Waals surface area contributed by atoms with Gasteiger partial charge in [0.2, 0.25) is 5.91 Å². The molecule has 1 fully saturated rings. The first-order valence-corrected chi connectivity index (χ1v) is 7.19. The molecule has 1 amide bonds. The zero-order valence-corrected chi connectivity index (χ0v) is 11.8. The number of hydrogen-bond donors (Lipinski definition) is 1. The van der Waals surface area contributed by atoms with E-state index in [2.05, 4.69) is 18.8 Å². The molecule has 1 aromatic rings. The minimum absolute atomic E-state index is 0.0655. The van der Waals surface area contributed by atoms with Gasteiger partial charge in [0, 0.05) is 6.42 Å². The van der Waals surface area contributed by atoms with Crippen LogP contribution in [0, 0.1) is 5.41 Å². The summed E-state index contributed by atoms with van der Waals surface area (Å²) >= 11 is 1.28. The van der Waals surface area contributed by atoms with E-state index in [9.17, 15) is 14.7 Å². The predicted octanol–water partition coefficient (Wildman–Crippen LogP) is 1.40. The third kappa shape index (κ3) is 2.19. The number of ketones is 1. The maximum absolute atomic E-state index is 12.1. The van der Waals surface area contributed by atoms with Crippen LogP contribution in [-0.2, 0) is 11.2 Å². The van der Waals surface area contributed by atoms with Crippen molar-refractivity contribution in [3.05, 3.63) is 10.6 Å². The van der Waals surface area contributed by atoms with Gasteiger partial charge in [0.1, 0.15) is 0 Å². The number of amides is 1. The molecular weight excluding hydrogens is 264 g/mol. The van der Waals surface area contributed by atoms with E-state index < -0.39 is 6.10 Å². The van der Waals surface area contributed by atoms with Crippen molar-refractivity contribution in [3.63, 3.8) is 0 Å². The topological polar surface area (TPSA) is 70.5 Å². The van der Waals surface area contributed by atoms with E-state index in [1.165, 1.54) is 16.2 Å². The molecule has 1 aliphatic heterocycles. The molecule has 1 unspecified atom stereocenters. The lowest BCUT2D eigenvalue weighted by molar-refractivity contribution is -0.117. The number of thiazole rings is 1. The number of Topliss-reactive ketones (excluding diaryl/α,β-unsaturated/α-hetero) is 1. The number of hydrogen-bond acceptors (Lipinski definition) is 5. The van der Waals surface area contributed by atoms with Crippen LogP contribution in [0.4, 0.5) is 5.13 Å². The molecule has 1 aromatic heterocycles. The number of carbonyl (C=O) groups is 2. The van der Waals surface area contributed by atoms with Gasteiger partial charge in [0.25, 0.3) is 0 Å². The Kier molecular flexibility index (Phi) is 2.76. The Balaban J connectivity index is 1.95. The van der Waals surface area contributed by atoms with E-state index in [0.29, 0.717) is 16.4 Å². The van der Waals surface area contributed by atoms with Crippen molar-refractivity contribution < 1.29 is 14.7 Å². The van der Waals surface area contributed by atoms with Crippen LogP contribution in [-0.4, -0.2) is 34.4 Å². The molecule has 6 heteroatoms. The zero-order chi connectivity index (χ0) is 13.8. The van der Waals surface area contributed by atoms with Gasteiger partial charge in [-0.25, -0.2) is 4.98 Å². The first-order chi connectivity index (χ1) is 8.85. The molecule has 5 nitrogen and oxygen atoms in total. The molecule has 0 bridgehead atoms. The number of nitrogens with zero attached hydrogens (tertiary/aromatic N) is 2. The van der Waals surface area contributed by atoms with Crippen LogP contribution in [0.25, 0.3) is 0 Å². The summed E-state index contributed by atoms with van der Waals surface area (Å²) in [5, 5.41) is 10.1. The highest BCUT2D eigenvalue weighted by atomic mass is 32.1. The Bertz CT molecular complexity index is 564. The van der Waals surface area contributed by atoms with Gasteiger partial charge in [0.15, 0.2) is 10.9 Å². The van der Waals surface area contributed by atoms with Gasteiger partial charge in [-0.1, -0.05) is 25.2 Å². The van der Waals surface area contributed by atoms with E-state index in [1.807, 2.05) is 0 Å². The molecule has 1 N–H and O–H groups in total. The Labute approximate surface area is 115 Å². The predicted molar refractivity (Wildman–Crippen MR) is 71.5 cm³/mol. The molecule has 2 heterocycles. The van der Waals surface area contributed by atoms with Gasteiger partial charge in [-0.15, -0.1) is 0 Å². The molecule has 0 spiro atoms. The molecule has 0 radical (unpaired) electrons. The van der Waals surface area contributed by atoms with Crippen LogP contribution in [0.5, 0.6) is 0 Å². The average Bonchev–Trinajstić information content (AvgIpc) is 2.80. The Morgan fingerprint density at radius 2 is 2.11 bits per heavy atom. The average molecular weight is 280 g/mol. The summed E-state index contributed by atoms with van der Waals surface area (Å²) in [6, 6.07) is 0. The lowest BCUT2D eigenvalue weighted by Gasteiger charge is -2.26. The molecule has 19 heavy (non-hydrogen) atoms. The SMILES string of the molecule is CC1(C)CC(=O)c2sc(N3CC(O)CC3=O)nc2C1. The number of aliphatic hydroxyl groups excluding tert-OH is 1. The highest BCUT2D eigenvalue weighted by Gasteiger charge is 2.37. The number of anilines is 1. The summed E-state index contributed by atoms with van der Waals surface area (Å²) in [7, 11) is 0. The molecular formula is C13H16N2O3S. The first-order valence-electron chi connectivity index (χ1n) is 6.37. The van der Waals surface area contributed by atoms with Crippen LogP contribution in [0.1, 0.15) is 42.1 Å². The summed E-state index contributed by atoms with van der Waals surface area (Å²) in [5.41, 5.74) is 0.736. The van der Waals surface area contributed by atoms with Crippen LogP contribution in [0.3, 0.4) is 0 Å². The second-order valence-electron chi connectivity index (χ2n) is 6.08. The van der Waals surface area contributed by atoms with Crippen LogP contribution in [0.2, 0.25) is 0 Å². The maximum Gasteiger partial charge on any atom is 0.231 e. The number of carbonyl (C=O) groups excluding carboxylic acids is 2. The van der Waals surface area contributed by atoms with E-state index >= 15 is 0 Å². The van der Waals surface area contributed by atoms with Crippen molar-refractivity contribution in [1.29, 1.82) is 0 Å². The minimum atomic E-state index is -0.624. The number of fused-ring (bicyclic) bond motifs is 1. The van der Waals surface area contributed by atoms with Crippen molar-refractivity contribution in [2.45, 2.75) is 39.2 Å². The quantitative estimate of drug-likeness (QED) is 0.844. The van der Waals surface area contributed by atoms with Crippen molar-refractivity contribution in [1.82, 2.24) is 4.98 Å². The van der Waals surface area contributed by atoms with Gasteiger partial charge in [0.05, 0.1) is 29.6 Å². The first kappa shape index (κ1) is 12.7. The summed E-state index contributed by atoms with van der Waals surface area (Å²) in [5.74, 6) is -0.00694. The lowest BCUT2D eigenvalue weighted by atomic mass is 9.78. The van der Waals surface area contributed by atoms with Crippen molar-refractivity contribution >= 4 is 28.2 Å². The molecule has 0 aromatic carbocycles. The van der Waals surface area contributed by atoms with Gasteiger partial charge in [-0.3, -0.25) is 14.5 Å². The minimum Gasteiger partial charge on any atom is -0.391 e. The Morgan fingerprint density at radius 3 is 2.74 bits per heavy atom. The number of aromatic nitrogens is 1. The molecule has 3 rings (SSSR count). The standard InChI is InChI=1S/C13H16N2O3S/c1-13(2)4-8-11(9(17)5-13)19-12(14-8)15-6-7(16)3-10(15)18/h7,16H,3-6H2,1-2H3. The fraction of sp³-hybridized carbons (Fsp3) is 0.615. The maximum atomic E-state index is 12.1. The van der Waals surface area contributed by atoms with E-state index in [1.54, 1.807) is 0 Å². The fourth-order valence-corrected chi connectivity index (χ4v) is 3.74. The summed E-state index contributed by atoms with van der Waals surface area (Å²) in [4.78, 5) is 30.5. The summed E-state index contributed by atoms with van der Waals surface area (Å²) in [6.45, 7) is 4.39. The second kappa shape index (κ2) is 4.11. The normalized spacial score (nSPS) is 25.8. The smallest absolute Gasteiger partial charge is 0.231 e. The highest BCUT2D eigenvalue weighted by molar-refractivity contribution is 7.17. The van der Waals surface area contributed by atoms with Crippen molar-refractivity contribution in [3.8, 4) is 0 Å². The van der Waals surface area contributed by atoms with E-state index in [0.717, 1.165) is 12.1 Å². The van der Waals surface area contributed by atoms with Crippen molar-refractivity contribution in [2.24, 2.45) is 5.41 Å². The summed E-state index contributed by atoms with van der Waals surface area (Å²) < 4.78 is 0. The van der Waals surface area contributed by atoms with Gasteiger partial charge < -0.3 is 5.11 Å². The lowest BCUT2D eigenvalue weighted by Crippen LogP contribution is -2.26. The van der Waals surface area contributed by atoms with E-state index in [-0.39, 0.29) is 30.1 Å². The van der Waals surface area contributed by atoms with Crippen molar-refractivity contribution in [2.75, 3.05) is 11.4 Å². The fourth-order valence-electron chi connectivity index (χ4n) is 2.70. The van der Waals surface area contributed by atoms with Crippen LogP contribution in [0.15, 0.2) is 0 Å². The summed E-state index contributed by atoms with van der Waals surface area (Å²) in [6.07, 6.45) is 0.803. The number of β-amino-alcohol motifs (C(OH)–C–C–N with tert-alkyl or cyclic N) is 1. The number of rotatable bonds is 1. The zero-order valence-electron chi connectivity index (χ0n) is 11.0. The third-order valence-electron chi connectivity index (χ3n) is 3.56. The largest absolute Gasteiger partial charge is 0.391 e. The van der Waals surface area contributed by atoms with Gasteiger partial charge >= 0.3 is 0 Å². The molecule has 0 saturated carbocycles. The Hall–Kier alpha value is -1.27. The Morgan fingerprint density at radius 1 is 1.37 bits per heavy atom.